The number of carbonyl (C=O) groups is 2. The molecule has 210 valence electrons. The molecule has 2 amide bonds. The molecule has 1 aromatic carbocycles. The number of fused-ring (bicyclic) bond motifs is 1. The van der Waals surface area contributed by atoms with Gasteiger partial charge in [-0.2, -0.15) is 0 Å². The van der Waals surface area contributed by atoms with Crippen LogP contribution in [0, 0.1) is 6.92 Å². The lowest BCUT2D eigenvalue weighted by Crippen LogP contribution is -2.46. The number of nitrogens with zero attached hydrogens (tertiary/aromatic N) is 7. The maximum Gasteiger partial charge on any atom is 0.255 e. The van der Waals surface area contributed by atoms with Gasteiger partial charge in [-0.25, -0.2) is 24.9 Å². The summed E-state index contributed by atoms with van der Waals surface area (Å²) in [6, 6.07) is 11.9. The molecule has 0 saturated carbocycles. The maximum atomic E-state index is 13.5. The zero-order valence-electron chi connectivity index (χ0n) is 23.4. The molecule has 2 N–H and O–H groups in total. The number of nitrogens with one attached hydrogen (secondary N) is 2. The minimum absolute atomic E-state index is 0.232. The molecule has 0 radical (unpaired) electrons. The molecule has 2 unspecified atom stereocenters. The number of hydrogen-bond donors (Lipinski definition) is 2. The van der Waals surface area contributed by atoms with Crippen LogP contribution in [0.4, 0.5) is 17.6 Å². The molecule has 0 aliphatic carbocycles. The topological polar surface area (TPSA) is 129 Å². The normalized spacial score (nSPS) is 13.9. The number of pyridine rings is 1. The van der Waals surface area contributed by atoms with E-state index in [1.807, 2.05) is 56.3 Å². The quantitative estimate of drug-likeness (QED) is 0.317. The summed E-state index contributed by atoms with van der Waals surface area (Å²) >= 11 is 6.46. The largest absolute Gasteiger partial charge is 0.363 e. The summed E-state index contributed by atoms with van der Waals surface area (Å²) in [5.74, 6) is 1.77. The fourth-order valence-electron chi connectivity index (χ4n) is 4.53. The number of carbonyl (C=O) groups excluding carboxylic acids is 2. The summed E-state index contributed by atoms with van der Waals surface area (Å²) in [6.45, 7) is 5.71. The monoisotopic (exact) mass is 571 g/mol. The lowest BCUT2D eigenvalue weighted by Gasteiger charge is -2.25. The van der Waals surface area contributed by atoms with Crippen molar-refractivity contribution in [3.8, 4) is 11.3 Å². The predicted molar refractivity (Wildman–Crippen MR) is 157 cm³/mol. The van der Waals surface area contributed by atoms with Crippen molar-refractivity contribution >= 4 is 41.0 Å². The molecule has 0 spiro atoms. The lowest BCUT2D eigenvalue weighted by atomic mass is 10.0. The molecular weight excluding hydrogens is 542 g/mol. The predicted octanol–water partition coefficient (Wildman–Crippen LogP) is 4.32. The van der Waals surface area contributed by atoms with Crippen LogP contribution in [0.1, 0.15) is 47.3 Å². The van der Waals surface area contributed by atoms with Gasteiger partial charge in [0.25, 0.3) is 5.91 Å². The average molecular weight is 572 g/mol. The fraction of sp³-hybridized carbons (Fsp3) is 0.276. The molecule has 0 bridgehead atoms. The summed E-state index contributed by atoms with van der Waals surface area (Å²) in [6.07, 6.45) is 3.14. The van der Waals surface area contributed by atoms with Gasteiger partial charge < -0.3 is 20.4 Å². The molecular formula is C29H30ClN9O2. The average Bonchev–Trinajstić information content (AvgIpc) is 3.29. The van der Waals surface area contributed by atoms with E-state index in [9.17, 15) is 9.59 Å². The first kappa shape index (κ1) is 27.9. The van der Waals surface area contributed by atoms with Crippen molar-refractivity contribution in [2.75, 3.05) is 24.3 Å². The molecule has 41 heavy (non-hydrogen) atoms. The van der Waals surface area contributed by atoms with E-state index >= 15 is 0 Å². The Balaban J connectivity index is 1.31. The van der Waals surface area contributed by atoms with Crippen LogP contribution in [0.2, 0.25) is 5.02 Å². The molecule has 3 aromatic heterocycles. The first-order valence-electron chi connectivity index (χ1n) is 13.1. The molecule has 0 fully saturated rings. The minimum atomic E-state index is -0.687. The first-order valence-corrected chi connectivity index (χ1v) is 13.5. The zero-order chi connectivity index (χ0) is 29.3. The second kappa shape index (κ2) is 11.5. The van der Waals surface area contributed by atoms with Gasteiger partial charge in [0.1, 0.15) is 23.5 Å². The highest BCUT2D eigenvalue weighted by molar-refractivity contribution is 6.33. The van der Waals surface area contributed by atoms with Crippen molar-refractivity contribution < 1.29 is 9.59 Å². The third-order valence-corrected chi connectivity index (χ3v) is 7.12. The van der Waals surface area contributed by atoms with E-state index < -0.39 is 6.04 Å². The van der Waals surface area contributed by atoms with Gasteiger partial charge in [0, 0.05) is 38.0 Å². The fourth-order valence-corrected chi connectivity index (χ4v) is 4.73. The van der Waals surface area contributed by atoms with Gasteiger partial charge in [0.15, 0.2) is 0 Å². The van der Waals surface area contributed by atoms with Crippen LogP contribution in [-0.4, -0.2) is 61.8 Å². The van der Waals surface area contributed by atoms with Crippen molar-refractivity contribution in [1.29, 1.82) is 0 Å². The molecule has 4 aromatic rings. The smallest absolute Gasteiger partial charge is 0.255 e. The van der Waals surface area contributed by atoms with E-state index in [2.05, 4.69) is 35.6 Å². The van der Waals surface area contributed by atoms with Crippen LogP contribution in [0.25, 0.3) is 11.3 Å². The summed E-state index contributed by atoms with van der Waals surface area (Å²) in [5.41, 5.74) is 3.20. The van der Waals surface area contributed by atoms with E-state index in [0.29, 0.717) is 46.0 Å². The Labute approximate surface area is 243 Å². The highest BCUT2D eigenvalue weighted by atomic mass is 35.5. The van der Waals surface area contributed by atoms with Gasteiger partial charge in [-0.3, -0.25) is 9.59 Å². The second-order valence-corrected chi connectivity index (χ2v) is 10.4. The Morgan fingerprint density at radius 3 is 2.63 bits per heavy atom. The maximum absolute atomic E-state index is 13.5. The van der Waals surface area contributed by atoms with Gasteiger partial charge in [-0.05, 0) is 50.6 Å². The van der Waals surface area contributed by atoms with Gasteiger partial charge in [-0.1, -0.05) is 29.8 Å². The van der Waals surface area contributed by atoms with Crippen LogP contribution in [0.15, 0.2) is 54.9 Å². The van der Waals surface area contributed by atoms with Gasteiger partial charge in [0.2, 0.25) is 11.9 Å². The number of amides is 2. The van der Waals surface area contributed by atoms with E-state index in [1.54, 1.807) is 37.1 Å². The Morgan fingerprint density at radius 1 is 1.07 bits per heavy atom. The Kier molecular flexibility index (Phi) is 7.80. The number of halogens is 1. The second-order valence-electron chi connectivity index (χ2n) is 10.0. The van der Waals surface area contributed by atoms with Crippen LogP contribution in [0.3, 0.4) is 0 Å². The van der Waals surface area contributed by atoms with Crippen molar-refractivity contribution in [2.24, 2.45) is 0 Å². The van der Waals surface area contributed by atoms with E-state index in [4.69, 9.17) is 11.6 Å². The Hall–Kier alpha value is -4.64. The molecule has 1 aliphatic heterocycles. The SMILES string of the molecule is Cc1nccc(Nc2ncc(Cl)c(-c3ccc4c(c3)C(=O)N(C(C)C(=O)NC(C)c3cccc(N(C)C)n3)C4)n2)n1. The number of rotatable bonds is 8. The number of benzene rings is 1. The van der Waals surface area contributed by atoms with Crippen molar-refractivity contribution in [3.63, 3.8) is 0 Å². The van der Waals surface area contributed by atoms with Gasteiger partial charge in [-0.15, -0.1) is 0 Å². The van der Waals surface area contributed by atoms with Crippen molar-refractivity contribution in [1.82, 2.24) is 35.1 Å². The molecule has 4 heterocycles. The molecule has 12 heteroatoms. The molecule has 5 rings (SSSR count). The number of hydrogen-bond acceptors (Lipinski definition) is 9. The molecule has 1 aliphatic rings. The van der Waals surface area contributed by atoms with Crippen molar-refractivity contribution in [2.45, 2.75) is 39.4 Å². The lowest BCUT2D eigenvalue weighted by molar-refractivity contribution is -0.125. The third-order valence-electron chi connectivity index (χ3n) is 6.84. The van der Waals surface area contributed by atoms with Crippen molar-refractivity contribution in [3.05, 3.63) is 82.5 Å². The number of anilines is 3. The highest BCUT2D eigenvalue weighted by Crippen LogP contribution is 2.32. The van der Waals surface area contributed by atoms with Gasteiger partial charge >= 0.3 is 0 Å². The van der Waals surface area contributed by atoms with Crippen LogP contribution in [-0.2, 0) is 11.3 Å². The molecule has 0 saturated heterocycles. The van der Waals surface area contributed by atoms with Crippen LogP contribution in [0.5, 0.6) is 0 Å². The van der Waals surface area contributed by atoms with E-state index in [0.717, 1.165) is 17.1 Å². The van der Waals surface area contributed by atoms with E-state index in [-0.39, 0.29) is 17.9 Å². The van der Waals surface area contributed by atoms with E-state index in [1.165, 1.54) is 6.20 Å². The third kappa shape index (κ3) is 5.94. The summed E-state index contributed by atoms with van der Waals surface area (Å²) < 4.78 is 0. The molecule has 11 nitrogen and oxygen atoms in total. The number of aromatic nitrogens is 5. The first-order chi connectivity index (χ1) is 19.6. The zero-order valence-corrected chi connectivity index (χ0v) is 24.1. The van der Waals surface area contributed by atoms with Crippen LogP contribution >= 0.6 is 11.6 Å². The summed E-state index contributed by atoms with van der Waals surface area (Å²) in [4.78, 5) is 51.9. The Bertz CT molecular complexity index is 1630. The standard InChI is InChI=1S/C29H30ClN9O2/c1-16(23-7-6-8-25(35-23)38(4)5)33-27(40)17(2)39-15-20-10-9-19(13-21(20)28(39)41)26-22(30)14-32-29(37-26)36-24-11-12-31-18(3)34-24/h6-14,16-17H,15H2,1-5H3,(H,33,40)(H,31,32,34,36,37). The minimum Gasteiger partial charge on any atom is -0.363 e. The number of aryl methyl sites for hydroxylation is 1. The van der Waals surface area contributed by atoms with Gasteiger partial charge in [0.05, 0.1) is 28.6 Å². The van der Waals surface area contributed by atoms with Crippen LogP contribution < -0.4 is 15.5 Å². The highest BCUT2D eigenvalue weighted by Gasteiger charge is 2.34. The molecule has 2 atom stereocenters. The summed E-state index contributed by atoms with van der Waals surface area (Å²) in [5, 5.41) is 6.39. The Morgan fingerprint density at radius 2 is 1.88 bits per heavy atom. The summed E-state index contributed by atoms with van der Waals surface area (Å²) in [7, 11) is 3.82.